The number of rotatable bonds is 3. The summed E-state index contributed by atoms with van der Waals surface area (Å²) in [6, 6.07) is 19.9. The molecule has 0 radical (unpaired) electrons. The molecule has 0 unspecified atom stereocenters. The summed E-state index contributed by atoms with van der Waals surface area (Å²) in [5.74, 6) is -0.143. The zero-order valence-corrected chi connectivity index (χ0v) is 16.8. The van der Waals surface area contributed by atoms with E-state index in [1.807, 2.05) is 29.8 Å². The van der Waals surface area contributed by atoms with Gasteiger partial charge < -0.3 is 8.98 Å². The predicted molar refractivity (Wildman–Crippen MR) is 112 cm³/mol. The van der Waals surface area contributed by atoms with Crippen LogP contribution in [-0.2, 0) is 7.05 Å². The van der Waals surface area contributed by atoms with Crippen LogP contribution in [0, 0.1) is 13.8 Å². The van der Waals surface area contributed by atoms with Crippen molar-refractivity contribution >= 4 is 17.2 Å². The first-order valence-corrected chi connectivity index (χ1v) is 9.81. The summed E-state index contributed by atoms with van der Waals surface area (Å²) < 4.78 is 7.18. The Morgan fingerprint density at radius 1 is 0.964 bits per heavy atom. The molecular weight excluding hydrogens is 368 g/mol. The monoisotopic (exact) mass is 388 g/mol. The lowest BCUT2D eigenvalue weighted by Gasteiger charge is -2.09. The molecule has 2 heterocycles. The third kappa shape index (κ3) is 3.37. The van der Waals surface area contributed by atoms with Gasteiger partial charge in [0.15, 0.2) is 10.6 Å². The molecule has 0 bridgehead atoms. The zero-order valence-electron chi connectivity index (χ0n) is 16.0. The van der Waals surface area contributed by atoms with Gasteiger partial charge in [0, 0.05) is 7.05 Å². The normalized spacial score (nSPS) is 11.8. The molecular formula is C23H20N2O2S. The molecule has 0 aliphatic carbocycles. The minimum Gasteiger partial charge on any atom is -0.459 e. The second-order valence-corrected chi connectivity index (χ2v) is 7.66. The molecule has 28 heavy (non-hydrogen) atoms. The number of nitrogens with zero attached hydrogens (tertiary/aromatic N) is 2. The van der Waals surface area contributed by atoms with E-state index in [-0.39, 0.29) is 11.7 Å². The maximum atomic E-state index is 12.5. The molecule has 0 aliphatic rings. The van der Waals surface area contributed by atoms with E-state index in [9.17, 15) is 4.79 Å². The summed E-state index contributed by atoms with van der Waals surface area (Å²) in [5.41, 5.74) is 5.73. The number of hydrogen-bond acceptors (Lipinski definition) is 3. The topological polar surface area (TPSA) is 47.5 Å². The van der Waals surface area contributed by atoms with Gasteiger partial charge >= 0.3 is 5.91 Å². The van der Waals surface area contributed by atoms with E-state index in [4.69, 9.17) is 4.42 Å². The first-order valence-electron chi connectivity index (χ1n) is 9.00. The fraction of sp³-hybridized carbons (Fsp3) is 0.130. The third-order valence-electron chi connectivity index (χ3n) is 4.78. The molecule has 4 rings (SSSR count). The number of hydrogen-bond donors (Lipinski definition) is 0. The van der Waals surface area contributed by atoms with Gasteiger partial charge in [0.05, 0.1) is 16.8 Å². The highest BCUT2D eigenvalue weighted by atomic mass is 32.1. The fourth-order valence-corrected chi connectivity index (χ4v) is 4.24. The lowest BCUT2D eigenvalue weighted by atomic mass is 10.0. The minimum absolute atomic E-state index is 0.238. The largest absolute Gasteiger partial charge is 0.459 e. The second kappa shape index (κ2) is 7.44. The summed E-state index contributed by atoms with van der Waals surface area (Å²) in [5, 5.41) is 0. The van der Waals surface area contributed by atoms with E-state index in [0.29, 0.717) is 4.80 Å². The lowest BCUT2D eigenvalue weighted by Crippen LogP contribution is -2.14. The van der Waals surface area contributed by atoms with Crippen molar-refractivity contribution in [2.45, 2.75) is 13.8 Å². The van der Waals surface area contributed by atoms with Crippen LogP contribution in [0.5, 0.6) is 0 Å². The minimum atomic E-state index is -0.381. The number of carbonyl (C=O) groups is 1. The standard InChI is InChI=1S/C23H20N2O2S/c1-15-11-12-18(14-16(15)2)20-21(17-8-5-4-6-9-17)28-23(25(20)3)24-22(26)19-10-7-13-27-19/h4-14H,1-3H3. The van der Waals surface area contributed by atoms with Gasteiger partial charge in [-0.05, 0) is 54.3 Å². The Kier molecular flexibility index (Phi) is 4.84. The van der Waals surface area contributed by atoms with Crippen molar-refractivity contribution in [3.05, 3.63) is 88.6 Å². The Morgan fingerprint density at radius 2 is 1.75 bits per heavy atom. The van der Waals surface area contributed by atoms with E-state index in [1.54, 1.807) is 12.1 Å². The SMILES string of the molecule is Cc1ccc(-c2c(-c3ccccc3)sc(=NC(=O)c3ccco3)n2C)cc1C. The Balaban J connectivity index is 1.94. The summed E-state index contributed by atoms with van der Waals surface area (Å²) in [6.07, 6.45) is 1.48. The van der Waals surface area contributed by atoms with Crippen molar-refractivity contribution in [1.29, 1.82) is 0 Å². The fourth-order valence-electron chi connectivity index (χ4n) is 3.09. The molecule has 0 saturated heterocycles. The van der Waals surface area contributed by atoms with Crippen LogP contribution in [0.1, 0.15) is 21.7 Å². The predicted octanol–water partition coefficient (Wildman–Crippen LogP) is 5.37. The van der Waals surface area contributed by atoms with Crippen LogP contribution in [0.2, 0.25) is 0 Å². The van der Waals surface area contributed by atoms with Crippen LogP contribution in [-0.4, -0.2) is 10.5 Å². The highest BCUT2D eigenvalue weighted by Gasteiger charge is 2.17. The maximum absolute atomic E-state index is 12.5. The second-order valence-electron chi connectivity index (χ2n) is 6.68. The van der Waals surface area contributed by atoms with E-state index in [1.165, 1.54) is 28.7 Å². The van der Waals surface area contributed by atoms with Crippen LogP contribution in [0.3, 0.4) is 0 Å². The van der Waals surface area contributed by atoms with Gasteiger partial charge in [-0.1, -0.05) is 53.8 Å². The van der Waals surface area contributed by atoms with Crippen molar-refractivity contribution in [3.8, 4) is 21.7 Å². The van der Waals surface area contributed by atoms with Gasteiger partial charge in [0.1, 0.15) is 0 Å². The molecule has 0 atom stereocenters. The summed E-state index contributed by atoms with van der Waals surface area (Å²) >= 11 is 1.50. The molecule has 2 aromatic carbocycles. The smallest absolute Gasteiger partial charge is 0.315 e. The van der Waals surface area contributed by atoms with Crippen molar-refractivity contribution < 1.29 is 9.21 Å². The summed E-state index contributed by atoms with van der Waals surface area (Å²) in [4.78, 5) is 18.5. The van der Waals surface area contributed by atoms with Crippen LogP contribution in [0.4, 0.5) is 0 Å². The number of aromatic nitrogens is 1. The van der Waals surface area contributed by atoms with E-state index in [2.05, 4.69) is 49.2 Å². The summed E-state index contributed by atoms with van der Waals surface area (Å²) in [6.45, 7) is 4.22. The van der Waals surface area contributed by atoms with Crippen LogP contribution in [0.15, 0.2) is 76.3 Å². The van der Waals surface area contributed by atoms with Crippen molar-refractivity contribution in [1.82, 2.24) is 4.57 Å². The Hall–Kier alpha value is -3.18. The van der Waals surface area contributed by atoms with Crippen molar-refractivity contribution in [2.24, 2.45) is 12.0 Å². The van der Waals surface area contributed by atoms with Crippen LogP contribution in [0.25, 0.3) is 21.7 Å². The van der Waals surface area contributed by atoms with E-state index >= 15 is 0 Å². The van der Waals surface area contributed by atoms with Gasteiger partial charge in [-0.25, -0.2) is 0 Å². The van der Waals surface area contributed by atoms with E-state index in [0.717, 1.165) is 21.7 Å². The number of carbonyl (C=O) groups excluding carboxylic acids is 1. The highest BCUT2D eigenvalue weighted by molar-refractivity contribution is 7.13. The molecule has 1 amide bonds. The molecule has 0 fully saturated rings. The number of benzene rings is 2. The number of amides is 1. The molecule has 2 aromatic heterocycles. The Morgan fingerprint density at radius 3 is 2.43 bits per heavy atom. The van der Waals surface area contributed by atoms with E-state index < -0.39 is 0 Å². The van der Waals surface area contributed by atoms with Crippen LogP contribution < -0.4 is 4.80 Å². The van der Waals surface area contributed by atoms with Crippen molar-refractivity contribution in [3.63, 3.8) is 0 Å². The average Bonchev–Trinajstić information content (AvgIpc) is 3.34. The Labute approximate surface area is 167 Å². The molecule has 0 N–H and O–H groups in total. The molecule has 5 heteroatoms. The van der Waals surface area contributed by atoms with Crippen LogP contribution >= 0.6 is 11.3 Å². The van der Waals surface area contributed by atoms with Gasteiger partial charge in [-0.2, -0.15) is 4.99 Å². The first kappa shape index (κ1) is 18.2. The maximum Gasteiger partial charge on any atom is 0.315 e. The van der Waals surface area contributed by atoms with Gasteiger partial charge in [-0.15, -0.1) is 0 Å². The highest BCUT2D eigenvalue weighted by Crippen LogP contribution is 2.34. The molecule has 4 nitrogen and oxygen atoms in total. The zero-order chi connectivity index (χ0) is 19.7. The summed E-state index contributed by atoms with van der Waals surface area (Å²) in [7, 11) is 1.95. The number of furan rings is 1. The lowest BCUT2D eigenvalue weighted by molar-refractivity contribution is 0.0971. The molecule has 0 aliphatic heterocycles. The molecule has 0 spiro atoms. The average molecular weight is 388 g/mol. The number of aryl methyl sites for hydroxylation is 2. The molecule has 4 aromatic rings. The van der Waals surface area contributed by atoms with Gasteiger partial charge in [0.2, 0.25) is 0 Å². The Bertz CT molecular complexity index is 1200. The first-order chi connectivity index (χ1) is 13.5. The quantitative estimate of drug-likeness (QED) is 0.474. The molecule has 140 valence electrons. The third-order valence-corrected chi connectivity index (χ3v) is 5.96. The van der Waals surface area contributed by atoms with Crippen molar-refractivity contribution in [2.75, 3.05) is 0 Å². The van der Waals surface area contributed by atoms with Gasteiger partial charge in [0.25, 0.3) is 0 Å². The van der Waals surface area contributed by atoms with Gasteiger partial charge in [-0.3, -0.25) is 4.79 Å². The molecule has 0 saturated carbocycles. The number of thiazole rings is 1.